The molecule has 21 heavy (non-hydrogen) atoms. The molecule has 0 radical (unpaired) electrons. The summed E-state index contributed by atoms with van der Waals surface area (Å²) in [5, 5.41) is 0. The van der Waals surface area contributed by atoms with Crippen LogP contribution >= 0.6 is 0 Å². The molecule has 1 aromatic carbocycles. The van der Waals surface area contributed by atoms with E-state index in [0.29, 0.717) is 17.9 Å². The molecule has 0 amide bonds. The van der Waals surface area contributed by atoms with Crippen molar-refractivity contribution in [3.8, 4) is 0 Å². The van der Waals surface area contributed by atoms with Crippen LogP contribution < -0.4 is 0 Å². The number of allylic oxidation sites excluding steroid dienone is 1. The maximum Gasteiger partial charge on any atom is 0.243 e. The van der Waals surface area contributed by atoms with Crippen molar-refractivity contribution in [2.24, 2.45) is 5.92 Å². The van der Waals surface area contributed by atoms with E-state index in [4.69, 9.17) is 0 Å². The van der Waals surface area contributed by atoms with Crippen molar-refractivity contribution in [2.75, 3.05) is 6.54 Å². The predicted octanol–water partition coefficient (Wildman–Crippen LogP) is 2.29. The van der Waals surface area contributed by atoms with Gasteiger partial charge in [0.25, 0.3) is 0 Å². The Morgan fingerprint density at radius 1 is 1.14 bits per heavy atom. The number of carbonyl (C=O) groups excluding carboxylic acids is 1. The Bertz CT molecular complexity index is 731. The summed E-state index contributed by atoms with van der Waals surface area (Å²) in [7, 11) is -3.50. The summed E-state index contributed by atoms with van der Waals surface area (Å²) >= 11 is 0. The van der Waals surface area contributed by atoms with E-state index in [1.54, 1.807) is 12.1 Å². The minimum atomic E-state index is -3.50. The fourth-order valence-electron chi connectivity index (χ4n) is 3.29. The van der Waals surface area contributed by atoms with Crippen molar-refractivity contribution >= 4 is 15.8 Å². The Labute approximate surface area is 125 Å². The molecule has 2 atom stereocenters. The molecule has 0 saturated carbocycles. The zero-order valence-corrected chi connectivity index (χ0v) is 13.3. The summed E-state index contributed by atoms with van der Waals surface area (Å²) in [6.07, 6.45) is 0.447. The normalized spacial score (nSPS) is 26.5. The number of hydrogen-bond acceptors (Lipinski definition) is 3. The maximum atomic E-state index is 12.8. The third-order valence-electron chi connectivity index (χ3n) is 4.74. The number of hydrogen-bond donors (Lipinski definition) is 0. The van der Waals surface area contributed by atoms with E-state index in [2.05, 4.69) is 0 Å². The van der Waals surface area contributed by atoms with Crippen LogP contribution in [-0.2, 0) is 14.8 Å². The number of fused-ring (bicyclic) bond motifs is 1. The van der Waals surface area contributed by atoms with Gasteiger partial charge < -0.3 is 0 Å². The monoisotopic (exact) mass is 305 g/mol. The van der Waals surface area contributed by atoms with E-state index in [-0.39, 0.29) is 17.7 Å². The van der Waals surface area contributed by atoms with Crippen molar-refractivity contribution < 1.29 is 13.2 Å². The molecule has 1 aromatic rings. The molecule has 0 N–H and O–H groups in total. The molecule has 1 saturated heterocycles. The Morgan fingerprint density at radius 3 is 2.33 bits per heavy atom. The van der Waals surface area contributed by atoms with E-state index < -0.39 is 10.0 Å². The summed E-state index contributed by atoms with van der Waals surface area (Å²) < 4.78 is 27.1. The van der Waals surface area contributed by atoms with Gasteiger partial charge in [-0.3, -0.25) is 4.79 Å². The highest BCUT2D eigenvalue weighted by Gasteiger charge is 2.46. The highest BCUT2D eigenvalue weighted by Crippen LogP contribution is 2.42. The van der Waals surface area contributed by atoms with Gasteiger partial charge in [-0.2, -0.15) is 4.31 Å². The zero-order valence-electron chi connectivity index (χ0n) is 12.5. The molecule has 4 nitrogen and oxygen atoms in total. The molecular weight excluding hydrogens is 286 g/mol. The largest absolute Gasteiger partial charge is 0.295 e. The number of aryl methyl sites for hydroxylation is 1. The molecule has 5 heteroatoms. The van der Waals surface area contributed by atoms with Crippen LogP contribution in [0.3, 0.4) is 0 Å². The Balaban J connectivity index is 1.98. The summed E-state index contributed by atoms with van der Waals surface area (Å²) in [6, 6.07) is 6.76. The van der Waals surface area contributed by atoms with Gasteiger partial charge in [-0.15, -0.1) is 0 Å². The number of Topliss-reactive ketones (excluding diaryl/α,β-unsaturated/α-hetero) is 1. The average molecular weight is 305 g/mol. The number of nitrogens with zero attached hydrogens (tertiary/aromatic N) is 1. The second-order valence-electron chi connectivity index (χ2n) is 5.99. The van der Waals surface area contributed by atoms with Gasteiger partial charge in [-0.25, -0.2) is 8.42 Å². The highest BCUT2D eigenvalue weighted by atomic mass is 32.2. The molecule has 0 bridgehead atoms. The molecule has 112 valence electrons. The number of sulfonamides is 1. The van der Waals surface area contributed by atoms with Gasteiger partial charge in [0.15, 0.2) is 5.78 Å². The van der Waals surface area contributed by atoms with Crippen LogP contribution in [0.25, 0.3) is 0 Å². The second-order valence-corrected chi connectivity index (χ2v) is 7.88. The number of ketones is 1. The number of benzene rings is 1. The SMILES string of the molecule is CC1=C2CN(S(=O)(=O)c3ccc(C)cc3)[C@H](C)[C@H]2CC1=O. The minimum Gasteiger partial charge on any atom is -0.295 e. The van der Waals surface area contributed by atoms with Crippen LogP contribution in [0, 0.1) is 12.8 Å². The molecule has 1 aliphatic heterocycles. The number of rotatable bonds is 2. The average Bonchev–Trinajstić information content (AvgIpc) is 2.90. The Hall–Kier alpha value is -1.46. The van der Waals surface area contributed by atoms with E-state index in [9.17, 15) is 13.2 Å². The van der Waals surface area contributed by atoms with Crippen LogP contribution in [0.2, 0.25) is 0 Å². The molecule has 1 fully saturated rings. The van der Waals surface area contributed by atoms with E-state index in [0.717, 1.165) is 16.7 Å². The standard InChI is InChI=1S/C16H19NO3S/c1-10-4-6-13(7-5-10)21(19,20)17-9-15-11(2)16(18)8-14(15)12(17)3/h4-7,12,14H,8-9H2,1-3H3/t12-,14-/m1/s1. The van der Waals surface area contributed by atoms with Crippen molar-refractivity contribution in [3.63, 3.8) is 0 Å². The van der Waals surface area contributed by atoms with Crippen molar-refractivity contribution in [1.82, 2.24) is 4.31 Å². The van der Waals surface area contributed by atoms with Crippen LogP contribution in [0.4, 0.5) is 0 Å². The zero-order chi connectivity index (χ0) is 15.4. The van der Waals surface area contributed by atoms with Gasteiger partial charge >= 0.3 is 0 Å². The van der Waals surface area contributed by atoms with Gasteiger partial charge in [0, 0.05) is 24.9 Å². The van der Waals surface area contributed by atoms with Crippen molar-refractivity contribution in [1.29, 1.82) is 0 Å². The van der Waals surface area contributed by atoms with Gasteiger partial charge in [-0.05, 0) is 44.1 Å². The van der Waals surface area contributed by atoms with E-state index in [1.807, 2.05) is 32.9 Å². The third-order valence-corrected chi connectivity index (χ3v) is 6.69. The summed E-state index contributed by atoms with van der Waals surface area (Å²) in [5.74, 6) is 0.215. The predicted molar refractivity (Wildman–Crippen MR) is 80.3 cm³/mol. The Kier molecular flexibility index (Phi) is 3.30. The lowest BCUT2D eigenvalue weighted by Crippen LogP contribution is -2.36. The van der Waals surface area contributed by atoms with Gasteiger partial charge in [0.05, 0.1) is 4.90 Å². The molecular formula is C16H19NO3S. The van der Waals surface area contributed by atoms with Gasteiger partial charge in [0.2, 0.25) is 10.0 Å². The second kappa shape index (κ2) is 4.78. The summed E-state index contributed by atoms with van der Waals surface area (Å²) in [4.78, 5) is 12.1. The summed E-state index contributed by atoms with van der Waals surface area (Å²) in [5.41, 5.74) is 2.79. The molecule has 0 spiro atoms. The minimum absolute atomic E-state index is 0.0534. The first-order chi connectivity index (χ1) is 9.82. The van der Waals surface area contributed by atoms with Gasteiger partial charge in [0.1, 0.15) is 0 Å². The molecule has 2 aliphatic rings. The van der Waals surface area contributed by atoms with Crippen LogP contribution in [0.5, 0.6) is 0 Å². The van der Waals surface area contributed by atoms with E-state index >= 15 is 0 Å². The third kappa shape index (κ3) is 2.15. The first kappa shape index (κ1) is 14.5. The molecule has 1 aliphatic carbocycles. The Morgan fingerprint density at radius 2 is 1.76 bits per heavy atom. The lowest BCUT2D eigenvalue weighted by molar-refractivity contribution is -0.115. The maximum absolute atomic E-state index is 12.8. The number of carbonyl (C=O) groups is 1. The quantitative estimate of drug-likeness (QED) is 0.842. The fourth-order valence-corrected chi connectivity index (χ4v) is 4.94. The van der Waals surface area contributed by atoms with Crippen LogP contribution in [0.15, 0.2) is 40.3 Å². The van der Waals surface area contributed by atoms with Gasteiger partial charge in [-0.1, -0.05) is 17.7 Å². The topological polar surface area (TPSA) is 54.5 Å². The van der Waals surface area contributed by atoms with Crippen molar-refractivity contribution in [2.45, 2.75) is 38.1 Å². The molecule has 1 heterocycles. The van der Waals surface area contributed by atoms with E-state index in [1.165, 1.54) is 4.31 Å². The lowest BCUT2D eigenvalue weighted by Gasteiger charge is -2.23. The smallest absolute Gasteiger partial charge is 0.243 e. The lowest BCUT2D eigenvalue weighted by atomic mass is 9.99. The van der Waals surface area contributed by atoms with Crippen LogP contribution in [0.1, 0.15) is 25.8 Å². The first-order valence-corrected chi connectivity index (χ1v) is 8.57. The molecule has 3 rings (SSSR count). The molecule has 0 unspecified atom stereocenters. The van der Waals surface area contributed by atoms with Crippen LogP contribution in [-0.4, -0.2) is 31.1 Å². The highest BCUT2D eigenvalue weighted by molar-refractivity contribution is 7.89. The summed E-state index contributed by atoms with van der Waals surface area (Å²) in [6.45, 7) is 5.99. The molecule has 0 aromatic heterocycles. The fraction of sp³-hybridized carbons (Fsp3) is 0.438. The van der Waals surface area contributed by atoms with Crippen molar-refractivity contribution in [3.05, 3.63) is 41.0 Å². The first-order valence-electron chi connectivity index (χ1n) is 7.13.